The van der Waals surface area contributed by atoms with E-state index < -0.39 is 0 Å². The summed E-state index contributed by atoms with van der Waals surface area (Å²) in [5.74, 6) is 0.517. The van der Waals surface area contributed by atoms with E-state index in [1.807, 2.05) is 6.07 Å². The van der Waals surface area contributed by atoms with E-state index in [4.69, 9.17) is 0 Å². The van der Waals surface area contributed by atoms with Gasteiger partial charge in [0.15, 0.2) is 0 Å². The molecule has 1 aromatic carbocycles. The summed E-state index contributed by atoms with van der Waals surface area (Å²) in [6.45, 7) is 8.72. The molecule has 1 aromatic rings. The molecule has 1 heterocycles. The van der Waals surface area contributed by atoms with Gasteiger partial charge in [0.1, 0.15) is 5.82 Å². The van der Waals surface area contributed by atoms with Gasteiger partial charge < -0.3 is 5.32 Å². The van der Waals surface area contributed by atoms with Crippen molar-refractivity contribution in [2.45, 2.75) is 32.7 Å². The number of halogens is 4. The third-order valence-corrected chi connectivity index (χ3v) is 4.62. The molecule has 0 bridgehead atoms. The quantitative estimate of drug-likeness (QED) is 0.741. The van der Waals surface area contributed by atoms with E-state index in [2.05, 4.69) is 40.0 Å². The van der Waals surface area contributed by atoms with Gasteiger partial charge in [-0.2, -0.15) is 0 Å². The van der Waals surface area contributed by atoms with Crippen LogP contribution in [-0.4, -0.2) is 31.1 Å². The Morgan fingerprint density at radius 1 is 1.18 bits per heavy atom. The lowest BCUT2D eigenvalue weighted by Crippen LogP contribution is -2.45. The number of hydrogen-bond donors (Lipinski definition) is 1. The number of nitrogens with one attached hydrogen (secondary N) is 1. The van der Waals surface area contributed by atoms with Gasteiger partial charge in [-0.25, -0.2) is 4.39 Å². The normalized spacial score (nSPS) is 16.8. The minimum Gasteiger partial charge on any atom is -0.314 e. The highest BCUT2D eigenvalue weighted by Crippen LogP contribution is 2.33. The number of piperazine rings is 1. The second kappa shape index (κ2) is 10.8. The van der Waals surface area contributed by atoms with Crippen molar-refractivity contribution in [2.24, 2.45) is 5.92 Å². The SMILES string of the molecule is CC(C)CC[C@H](c1ccc(F)cc1Br)N1CCNCC1.Cl.Cl. The van der Waals surface area contributed by atoms with Crippen LogP contribution < -0.4 is 5.32 Å². The lowest BCUT2D eigenvalue weighted by molar-refractivity contribution is 0.159. The summed E-state index contributed by atoms with van der Waals surface area (Å²) in [6, 6.07) is 5.48. The highest BCUT2D eigenvalue weighted by atomic mass is 79.9. The van der Waals surface area contributed by atoms with Crippen LogP contribution in [0.25, 0.3) is 0 Å². The molecule has 0 saturated carbocycles. The fourth-order valence-corrected chi connectivity index (χ4v) is 3.41. The van der Waals surface area contributed by atoms with Gasteiger partial charge in [-0.05, 0) is 36.5 Å². The fraction of sp³-hybridized carbons (Fsp3) is 0.625. The molecule has 0 unspecified atom stereocenters. The van der Waals surface area contributed by atoms with Crippen molar-refractivity contribution in [2.75, 3.05) is 26.2 Å². The Morgan fingerprint density at radius 3 is 2.36 bits per heavy atom. The Balaban J connectivity index is 0.00000220. The van der Waals surface area contributed by atoms with Crippen molar-refractivity contribution in [3.05, 3.63) is 34.1 Å². The molecule has 0 aliphatic carbocycles. The average molecular weight is 416 g/mol. The van der Waals surface area contributed by atoms with Crippen molar-refractivity contribution in [1.82, 2.24) is 10.2 Å². The zero-order valence-corrected chi connectivity index (χ0v) is 16.4. The van der Waals surface area contributed by atoms with E-state index in [0.29, 0.717) is 12.0 Å². The van der Waals surface area contributed by atoms with Crippen molar-refractivity contribution in [1.29, 1.82) is 0 Å². The van der Waals surface area contributed by atoms with Gasteiger partial charge >= 0.3 is 0 Å². The first-order valence-electron chi connectivity index (χ1n) is 7.47. The molecule has 1 fully saturated rings. The van der Waals surface area contributed by atoms with Crippen LogP contribution in [-0.2, 0) is 0 Å². The molecule has 0 amide bonds. The summed E-state index contributed by atoms with van der Waals surface area (Å²) < 4.78 is 14.2. The molecule has 1 aliphatic rings. The first-order chi connectivity index (χ1) is 9.58. The van der Waals surface area contributed by atoms with Crippen molar-refractivity contribution < 1.29 is 4.39 Å². The molecule has 0 aromatic heterocycles. The van der Waals surface area contributed by atoms with Crippen LogP contribution in [0.5, 0.6) is 0 Å². The third kappa shape index (κ3) is 6.32. The zero-order valence-electron chi connectivity index (χ0n) is 13.1. The Morgan fingerprint density at radius 2 is 1.82 bits per heavy atom. The topological polar surface area (TPSA) is 15.3 Å². The molecular formula is C16H26BrCl2FN2. The van der Waals surface area contributed by atoms with Gasteiger partial charge in [0.2, 0.25) is 0 Å². The van der Waals surface area contributed by atoms with Crippen molar-refractivity contribution in [3.8, 4) is 0 Å². The predicted octanol–water partition coefficient (Wildman–Crippen LogP) is 4.81. The standard InChI is InChI=1S/C16H24BrFN2.2ClH/c1-12(2)3-6-16(20-9-7-19-8-10-20)14-5-4-13(18)11-15(14)17;;/h4-5,11-12,16,19H,3,6-10H2,1-2H3;2*1H/t16-;;/m1../s1. The summed E-state index contributed by atoms with van der Waals surface area (Å²) in [4.78, 5) is 2.52. The van der Waals surface area contributed by atoms with Crippen LogP contribution in [0.1, 0.15) is 38.3 Å². The van der Waals surface area contributed by atoms with Crippen LogP contribution in [0.15, 0.2) is 22.7 Å². The van der Waals surface area contributed by atoms with Gasteiger partial charge in [-0.15, -0.1) is 24.8 Å². The molecule has 1 saturated heterocycles. The summed E-state index contributed by atoms with van der Waals surface area (Å²) in [5.41, 5.74) is 1.22. The van der Waals surface area contributed by atoms with E-state index in [9.17, 15) is 4.39 Å². The van der Waals surface area contributed by atoms with Gasteiger partial charge in [0, 0.05) is 36.7 Å². The molecular weight excluding hydrogens is 390 g/mol. The maximum Gasteiger partial charge on any atom is 0.124 e. The summed E-state index contributed by atoms with van der Waals surface area (Å²) in [5, 5.41) is 3.40. The average Bonchev–Trinajstić information content (AvgIpc) is 2.42. The molecule has 2 rings (SSSR count). The monoisotopic (exact) mass is 414 g/mol. The third-order valence-electron chi connectivity index (χ3n) is 3.93. The lowest BCUT2D eigenvalue weighted by Gasteiger charge is -2.36. The van der Waals surface area contributed by atoms with Crippen LogP contribution in [0, 0.1) is 11.7 Å². The van der Waals surface area contributed by atoms with Crippen LogP contribution in [0.3, 0.4) is 0 Å². The first-order valence-corrected chi connectivity index (χ1v) is 8.27. The second-order valence-corrected chi connectivity index (χ2v) is 6.79. The Hall–Kier alpha value is 0.130. The van der Waals surface area contributed by atoms with Crippen molar-refractivity contribution >= 4 is 40.7 Å². The molecule has 0 spiro atoms. The Bertz CT molecular complexity index is 440. The number of rotatable bonds is 5. The van der Waals surface area contributed by atoms with Gasteiger partial charge in [0.05, 0.1) is 0 Å². The lowest BCUT2D eigenvalue weighted by atomic mass is 9.95. The van der Waals surface area contributed by atoms with Crippen LogP contribution >= 0.6 is 40.7 Å². The maximum atomic E-state index is 13.3. The summed E-state index contributed by atoms with van der Waals surface area (Å²) in [6.07, 6.45) is 2.32. The minimum atomic E-state index is -0.177. The largest absolute Gasteiger partial charge is 0.314 e. The molecule has 1 aliphatic heterocycles. The fourth-order valence-electron chi connectivity index (χ4n) is 2.79. The smallest absolute Gasteiger partial charge is 0.124 e. The minimum absolute atomic E-state index is 0. The van der Waals surface area contributed by atoms with Crippen LogP contribution in [0.4, 0.5) is 4.39 Å². The van der Waals surface area contributed by atoms with Gasteiger partial charge in [-0.3, -0.25) is 4.90 Å². The highest BCUT2D eigenvalue weighted by molar-refractivity contribution is 9.10. The number of hydrogen-bond acceptors (Lipinski definition) is 2. The molecule has 6 heteroatoms. The molecule has 22 heavy (non-hydrogen) atoms. The molecule has 1 N–H and O–H groups in total. The number of benzene rings is 1. The Labute approximate surface area is 154 Å². The molecule has 2 nitrogen and oxygen atoms in total. The van der Waals surface area contributed by atoms with E-state index in [0.717, 1.165) is 37.1 Å². The highest BCUT2D eigenvalue weighted by Gasteiger charge is 2.24. The Kier molecular flexibility index (Phi) is 10.9. The molecule has 1 atom stereocenters. The number of nitrogens with zero attached hydrogens (tertiary/aromatic N) is 1. The summed E-state index contributed by atoms with van der Waals surface area (Å²) >= 11 is 3.54. The van der Waals surface area contributed by atoms with Gasteiger partial charge in [-0.1, -0.05) is 35.8 Å². The van der Waals surface area contributed by atoms with Crippen LogP contribution in [0.2, 0.25) is 0 Å². The van der Waals surface area contributed by atoms with E-state index >= 15 is 0 Å². The second-order valence-electron chi connectivity index (χ2n) is 5.94. The zero-order chi connectivity index (χ0) is 14.5. The first kappa shape index (κ1) is 22.1. The van der Waals surface area contributed by atoms with E-state index in [-0.39, 0.29) is 30.6 Å². The van der Waals surface area contributed by atoms with E-state index in [1.54, 1.807) is 12.1 Å². The summed E-state index contributed by atoms with van der Waals surface area (Å²) in [7, 11) is 0. The van der Waals surface area contributed by atoms with E-state index in [1.165, 1.54) is 12.0 Å². The molecule has 0 radical (unpaired) electrons. The molecule has 128 valence electrons. The predicted molar refractivity (Wildman–Crippen MR) is 99.9 cm³/mol. The van der Waals surface area contributed by atoms with Crippen molar-refractivity contribution in [3.63, 3.8) is 0 Å². The maximum absolute atomic E-state index is 13.3. The van der Waals surface area contributed by atoms with Gasteiger partial charge in [0.25, 0.3) is 0 Å².